The van der Waals surface area contributed by atoms with E-state index in [0.717, 1.165) is 28.1 Å². The van der Waals surface area contributed by atoms with E-state index in [-0.39, 0.29) is 30.4 Å². The number of allylic oxidation sites excluding steroid dienone is 6. The third-order valence-corrected chi connectivity index (χ3v) is 7.89. The lowest BCUT2D eigenvalue weighted by Crippen LogP contribution is -2.49. The summed E-state index contributed by atoms with van der Waals surface area (Å²) >= 11 is 0. The molecule has 1 aliphatic carbocycles. The van der Waals surface area contributed by atoms with Gasteiger partial charge in [0.1, 0.15) is 23.6 Å². The van der Waals surface area contributed by atoms with Crippen LogP contribution in [0.3, 0.4) is 0 Å². The van der Waals surface area contributed by atoms with Crippen LogP contribution in [0.25, 0.3) is 28.3 Å². The largest absolute Gasteiger partial charge is 0.494 e. The fraction of sp³-hybridized carbons (Fsp3) is 0.333. The molecule has 8 nitrogen and oxygen atoms in total. The zero-order chi connectivity index (χ0) is 34.8. The van der Waals surface area contributed by atoms with E-state index in [1.54, 1.807) is 18.3 Å². The smallest absolute Gasteiger partial charge is 0.460 e. The highest BCUT2D eigenvalue weighted by atomic mass is 19.1. The minimum Gasteiger partial charge on any atom is -0.460 e. The molecule has 6 rings (SSSR count). The molecule has 49 heavy (non-hydrogen) atoms. The monoisotopic (exact) mass is 662 g/mol. The summed E-state index contributed by atoms with van der Waals surface area (Å²) in [6.45, 7) is 10.1. The summed E-state index contributed by atoms with van der Waals surface area (Å²) in [7, 11) is -0.626. The number of rotatable bonds is 9. The molecule has 10 heteroatoms. The average molecular weight is 663 g/mol. The van der Waals surface area contributed by atoms with Gasteiger partial charge in [0.25, 0.3) is 0 Å². The molecule has 0 saturated carbocycles. The van der Waals surface area contributed by atoms with Crippen molar-refractivity contribution < 1.29 is 23.2 Å². The van der Waals surface area contributed by atoms with E-state index in [2.05, 4.69) is 14.5 Å². The molecule has 2 aliphatic rings. The second kappa shape index (κ2) is 16.6. The lowest BCUT2D eigenvalue weighted by Gasteiger charge is -2.35. The topological polar surface area (TPSA) is 88.4 Å². The summed E-state index contributed by atoms with van der Waals surface area (Å²) in [5.74, 6) is 0.175. The van der Waals surface area contributed by atoms with Crippen molar-refractivity contribution >= 4 is 24.1 Å². The van der Waals surface area contributed by atoms with Crippen molar-refractivity contribution in [3.8, 4) is 22.8 Å². The number of ether oxygens (including phenoxy) is 1. The minimum atomic E-state index is -0.626. The Labute approximate surface area is 288 Å². The molecule has 254 valence electrons. The first-order valence-electron chi connectivity index (χ1n) is 17.0. The summed E-state index contributed by atoms with van der Waals surface area (Å²) in [6, 6.07) is 21.6. The van der Waals surface area contributed by atoms with Crippen LogP contribution in [-0.2, 0) is 25.4 Å². The lowest BCUT2D eigenvalue weighted by molar-refractivity contribution is -0.157. The summed E-state index contributed by atoms with van der Waals surface area (Å²) in [5.41, 5.74) is 4.26. The lowest BCUT2D eigenvalue weighted by atomic mass is 9.76. The number of carbonyl (C=O) groups excluding carboxylic acids is 1. The summed E-state index contributed by atoms with van der Waals surface area (Å²) in [4.78, 5) is 26.8. The standard InChI is InChI=1S/C37H38BFN4O4.C2H6/c1-37(2,3)45-33(44)24-31-23-30(46-38(47-31)28-14-8-5-9-15-28)20-22-43-35(32-19-21-40-25-41-32)34(26-13-10-16-29(39)18-17-26)42-36(43)27-11-6-4-7-12-27;1-2/h4-9,11-19,21,25,30-31H,10,20,22-24H2,1-3H3;1-2H3. The quantitative estimate of drug-likeness (QED) is 0.133. The van der Waals surface area contributed by atoms with Crippen molar-refractivity contribution in [2.24, 2.45) is 0 Å². The number of aromatic nitrogens is 4. The van der Waals surface area contributed by atoms with E-state index >= 15 is 0 Å². The van der Waals surface area contributed by atoms with E-state index in [0.29, 0.717) is 37.2 Å². The van der Waals surface area contributed by atoms with Gasteiger partial charge in [-0.25, -0.2) is 19.3 Å². The van der Waals surface area contributed by atoms with Gasteiger partial charge < -0.3 is 18.6 Å². The predicted octanol–water partition coefficient (Wildman–Crippen LogP) is 7.92. The number of esters is 1. The number of carbonyl (C=O) groups is 1. The number of benzene rings is 2. The van der Waals surface area contributed by atoms with Gasteiger partial charge in [-0.1, -0.05) is 86.7 Å². The Morgan fingerprint density at radius 1 is 0.980 bits per heavy atom. The predicted molar refractivity (Wildman–Crippen MR) is 192 cm³/mol. The van der Waals surface area contributed by atoms with Gasteiger partial charge in [-0.15, -0.1) is 0 Å². The van der Waals surface area contributed by atoms with Crippen LogP contribution in [0.15, 0.2) is 109 Å². The van der Waals surface area contributed by atoms with Gasteiger partial charge in [0.15, 0.2) is 0 Å². The van der Waals surface area contributed by atoms with Crippen molar-refractivity contribution in [3.63, 3.8) is 0 Å². The molecule has 0 N–H and O–H groups in total. The molecule has 0 amide bonds. The van der Waals surface area contributed by atoms with Crippen molar-refractivity contribution in [1.82, 2.24) is 19.5 Å². The van der Waals surface area contributed by atoms with Gasteiger partial charge in [0.2, 0.25) is 0 Å². The third kappa shape index (κ3) is 9.49. The first-order valence-corrected chi connectivity index (χ1v) is 17.0. The molecular weight excluding hydrogens is 618 g/mol. The highest BCUT2D eigenvalue weighted by molar-refractivity contribution is 6.61. The molecule has 1 saturated heterocycles. The molecular formula is C39H44BFN4O4. The van der Waals surface area contributed by atoms with Crippen LogP contribution < -0.4 is 5.46 Å². The van der Waals surface area contributed by atoms with E-state index < -0.39 is 12.7 Å². The van der Waals surface area contributed by atoms with Gasteiger partial charge in [0.05, 0.1) is 29.6 Å². The van der Waals surface area contributed by atoms with Crippen LogP contribution >= 0.6 is 0 Å². The molecule has 4 aromatic rings. The number of imidazole rings is 1. The molecule has 0 spiro atoms. The van der Waals surface area contributed by atoms with Gasteiger partial charge >= 0.3 is 13.1 Å². The Kier molecular flexibility index (Phi) is 12.1. The molecule has 2 atom stereocenters. The van der Waals surface area contributed by atoms with Crippen LogP contribution in [-0.4, -0.2) is 50.4 Å². The van der Waals surface area contributed by atoms with E-state index in [1.807, 2.05) is 107 Å². The zero-order valence-electron chi connectivity index (χ0n) is 28.9. The second-order valence-electron chi connectivity index (χ2n) is 12.6. The number of nitrogens with zero attached hydrogens (tertiary/aromatic N) is 4. The van der Waals surface area contributed by atoms with Crippen molar-refractivity contribution in [2.45, 2.75) is 84.7 Å². The van der Waals surface area contributed by atoms with Crippen LogP contribution in [0.5, 0.6) is 0 Å². The molecule has 2 aromatic heterocycles. The minimum absolute atomic E-state index is 0.127. The Morgan fingerprint density at radius 3 is 2.39 bits per heavy atom. The molecule has 1 fully saturated rings. The van der Waals surface area contributed by atoms with Gasteiger partial charge in [-0.05, 0) is 69.3 Å². The van der Waals surface area contributed by atoms with Crippen LogP contribution in [0, 0.1) is 0 Å². The molecule has 0 radical (unpaired) electrons. The average Bonchev–Trinajstić information content (AvgIpc) is 3.35. The maximum absolute atomic E-state index is 14.2. The zero-order valence-corrected chi connectivity index (χ0v) is 28.9. The van der Waals surface area contributed by atoms with Crippen LogP contribution in [0.2, 0.25) is 0 Å². The highest BCUT2D eigenvalue weighted by Crippen LogP contribution is 2.35. The van der Waals surface area contributed by atoms with E-state index in [1.165, 1.54) is 12.4 Å². The first kappa shape index (κ1) is 35.6. The first-order chi connectivity index (χ1) is 23.7. The number of hydrogen-bond acceptors (Lipinski definition) is 7. The van der Waals surface area contributed by atoms with Gasteiger partial charge in [-0.2, -0.15) is 0 Å². The number of halogens is 1. The maximum atomic E-state index is 14.2. The van der Waals surface area contributed by atoms with Gasteiger partial charge in [-0.3, -0.25) is 4.79 Å². The van der Waals surface area contributed by atoms with Crippen LogP contribution in [0.1, 0.15) is 66.0 Å². The Bertz CT molecular complexity index is 1770. The Hall–Kier alpha value is -4.67. The second-order valence-corrected chi connectivity index (χ2v) is 12.6. The molecule has 3 heterocycles. The highest BCUT2D eigenvalue weighted by Gasteiger charge is 2.37. The molecule has 2 aromatic carbocycles. The SMILES string of the molecule is CC.CC(C)(C)OC(=O)CC1CC(CCn2c(-c3ccccc3)nc(C3=CCC=C(F)C=C3)c2-c2ccncn2)OB(c2ccccc2)O1. The molecule has 1 aliphatic heterocycles. The van der Waals surface area contributed by atoms with Gasteiger partial charge in [0, 0.05) is 24.4 Å². The fourth-order valence-electron chi connectivity index (χ4n) is 5.86. The maximum Gasteiger partial charge on any atom is 0.494 e. The Morgan fingerprint density at radius 2 is 1.69 bits per heavy atom. The summed E-state index contributed by atoms with van der Waals surface area (Å²) in [5, 5.41) is 0. The summed E-state index contributed by atoms with van der Waals surface area (Å²) in [6.07, 6.45) is 11.1. The fourth-order valence-corrected chi connectivity index (χ4v) is 5.86. The molecule has 0 bridgehead atoms. The van der Waals surface area contributed by atoms with E-state index in [9.17, 15) is 9.18 Å². The van der Waals surface area contributed by atoms with Crippen molar-refractivity contribution in [3.05, 3.63) is 115 Å². The van der Waals surface area contributed by atoms with Crippen molar-refractivity contribution in [1.29, 1.82) is 0 Å². The third-order valence-electron chi connectivity index (χ3n) is 7.89. The van der Waals surface area contributed by atoms with E-state index in [4.69, 9.17) is 19.0 Å². The number of hydrogen-bond donors (Lipinski definition) is 0. The Balaban J connectivity index is 0.00000230. The summed E-state index contributed by atoms with van der Waals surface area (Å²) < 4.78 is 34.9. The van der Waals surface area contributed by atoms with Crippen molar-refractivity contribution in [2.75, 3.05) is 0 Å². The normalized spacial score (nSPS) is 17.7. The molecule has 2 unspecified atom stereocenters. The van der Waals surface area contributed by atoms with Crippen LogP contribution in [0.4, 0.5) is 4.39 Å².